The summed E-state index contributed by atoms with van der Waals surface area (Å²) < 4.78 is 5.42. The zero-order valence-electron chi connectivity index (χ0n) is 21.3. The molecule has 1 N–H and O–H groups in total. The summed E-state index contributed by atoms with van der Waals surface area (Å²) in [6.45, 7) is 2.35. The zero-order valence-corrected chi connectivity index (χ0v) is 21.3. The van der Waals surface area contributed by atoms with Gasteiger partial charge in [0.2, 0.25) is 11.8 Å². The molecule has 4 rings (SSSR count). The normalized spacial score (nSPS) is 14.3. The number of carbonyl (C=O) groups is 2. The summed E-state index contributed by atoms with van der Waals surface area (Å²) in [4.78, 5) is 29.4. The average molecular weight is 485 g/mol. The smallest absolute Gasteiger partial charge is 0.243 e. The van der Waals surface area contributed by atoms with Gasteiger partial charge in [-0.15, -0.1) is 0 Å². The summed E-state index contributed by atoms with van der Waals surface area (Å²) in [5.74, 6) is 0.589. The number of carbonyl (C=O) groups excluding carboxylic acids is 2. The van der Waals surface area contributed by atoms with Crippen LogP contribution in [0.3, 0.4) is 0 Å². The molecule has 3 aromatic carbocycles. The number of aryl methyl sites for hydroxylation is 1. The van der Waals surface area contributed by atoms with Crippen LogP contribution in [0.25, 0.3) is 0 Å². The van der Waals surface area contributed by atoms with Crippen LogP contribution in [0.4, 0.5) is 0 Å². The molecule has 0 aliphatic heterocycles. The molecule has 1 saturated carbocycles. The lowest BCUT2D eigenvalue weighted by molar-refractivity contribution is -0.141. The fourth-order valence-electron chi connectivity index (χ4n) is 4.99. The highest BCUT2D eigenvalue weighted by atomic mass is 16.5. The molecule has 3 aromatic rings. The maximum absolute atomic E-state index is 13.9. The van der Waals surface area contributed by atoms with Crippen molar-refractivity contribution in [2.75, 3.05) is 7.11 Å². The van der Waals surface area contributed by atoms with Gasteiger partial charge >= 0.3 is 0 Å². The number of hydrogen-bond donors (Lipinski definition) is 1. The molecule has 5 nitrogen and oxygen atoms in total. The van der Waals surface area contributed by atoms with E-state index in [2.05, 4.69) is 5.32 Å². The van der Waals surface area contributed by atoms with Gasteiger partial charge in [-0.25, -0.2) is 0 Å². The third kappa shape index (κ3) is 6.97. The van der Waals surface area contributed by atoms with Crippen molar-refractivity contribution < 1.29 is 14.3 Å². The van der Waals surface area contributed by atoms with Crippen LogP contribution >= 0.6 is 0 Å². The van der Waals surface area contributed by atoms with E-state index in [1.165, 1.54) is 0 Å². The summed E-state index contributed by atoms with van der Waals surface area (Å²) in [5.41, 5.74) is 4.02. The number of nitrogens with zero attached hydrogens (tertiary/aromatic N) is 1. The van der Waals surface area contributed by atoms with Gasteiger partial charge in [-0.2, -0.15) is 0 Å². The molecule has 0 radical (unpaired) electrons. The number of ether oxygens (including phenoxy) is 1. The van der Waals surface area contributed by atoms with Crippen molar-refractivity contribution in [1.82, 2.24) is 10.2 Å². The lowest BCUT2D eigenvalue weighted by Crippen LogP contribution is -2.52. The van der Waals surface area contributed by atoms with E-state index in [1.807, 2.05) is 85.8 Å². The maximum Gasteiger partial charge on any atom is 0.243 e. The minimum Gasteiger partial charge on any atom is -0.497 e. The lowest BCUT2D eigenvalue weighted by atomic mass is 10.0. The molecule has 0 spiro atoms. The molecule has 188 valence electrons. The van der Waals surface area contributed by atoms with Crippen LogP contribution in [0.5, 0.6) is 5.75 Å². The third-order valence-corrected chi connectivity index (χ3v) is 6.90. The van der Waals surface area contributed by atoms with Crippen molar-refractivity contribution in [1.29, 1.82) is 0 Å². The van der Waals surface area contributed by atoms with E-state index in [9.17, 15) is 9.59 Å². The minimum atomic E-state index is -0.614. The maximum atomic E-state index is 13.9. The SMILES string of the molecule is COc1cccc(CN(C(=O)Cc2cccc(C)c2)C(Cc2ccccc2)C(=O)NC2CCCC2)c1. The van der Waals surface area contributed by atoms with Crippen LogP contribution in [-0.4, -0.2) is 35.9 Å². The second kappa shape index (κ2) is 12.4. The van der Waals surface area contributed by atoms with Crippen molar-refractivity contribution in [2.24, 2.45) is 0 Å². The Labute approximate surface area is 214 Å². The molecule has 0 aromatic heterocycles. The highest BCUT2D eigenvalue weighted by molar-refractivity contribution is 5.89. The van der Waals surface area contributed by atoms with Crippen molar-refractivity contribution in [2.45, 2.75) is 64.1 Å². The van der Waals surface area contributed by atoms with E-state index < -0.39 is 6.04 Å². The first kappa shape index (κ1) is 25.5. The van der Waals surface area contributed by atoms with Crippen LogP contribution in [0.15, 0.2) is 78.9 Å². The second-order valence-electron chi connectivity index (χ2n) is 9.73. The predicted octanol–water partition coefficient (Wildman–Crippen LogP) is 5.25. The fourth-order valence-corrected chi connectivity index (χ4v) is 4.99. The summed E-state index contributed by atoms with van der Waals surface area (Å²) in [6, 6.07) is 25.2. The van der Waals surface area contributed by atoms with Crippen molar-refractivity contribution in [3.63, 3.8) is 0 Å². The van der Waals surface area contributed by atoms with E-state index in [1.54, 1.807) is 12.0 Å². The van der Waals surface area contributed by atoms with Gasteiger partial charge in [0.15, 0.2) is 0 Å². The molecule has 1 fully saturated rings. The lowest BCUT2D eigenvalue weighted by Gasteiger charge is -2.32. The zero-order chi connectivity index (χ0) is 25.3. The van der Waals surface area contributed by atoms with Gasteiger partial charge in [0, 0.05) is 19.0 Å². The Kier molecular flexibility index (Phi) is 8.77. The minimum absolute atomic E-state index is 0.0640. The Bertz CT molecular complexity index is 1160. The molecule has 5 heteroatoms. The van der Waals surface area contributed by atoms with Crippen LogP contribution < -0.4 is 10.1 Å². The first-order chi connectivity index (χ1) is 17.5. The van der Waals surface area contributed by atoms with Gasteiger partial charge in [0.1, 0.15) is 11.8 Å². The average Bonchev–Trinajstić information content (AvgIpc) is 3.40. The number of hydrogen-bond acceptors (Lipinski definition) is 3. The van der Waals surface area contributed by atoms with Crippen LogP contribution in [0.1, 0.15) is 47.9 Å². The van der Waals surface area contributed by atoms with E-state index in [-0.39, 0.29) is 24.3 Å². The van der Waals surface area contributed by atoms with E-state index in [0.717, 1.165) is 53.7 Å². The number of methoxy groups -OCH3 is 1. The van der Waals surface area contributed by atoms with Crippen LogP contribution in [0.2, 0.25) is 0 Å². The molecule has 2 amide bonds. The quantitative estimate of drug-likeness (QED) is 0.428. The Balaban J connectivity index is 1.67. The number of benzene rings is 3. The van der Waals surface area contributed by atoms with Gasteiger partial charge in [-0.1, -0.05) is 85.1 Å². The summed E-state index contributed by atoms with van der Waals surface area (Å²) >= 11 is 0. The first-order valence-corrected chi connectivity index (χ1v) is 12.8. The third-order valence-electron chi connectivity index (χ3n) is 6.90. The van der Waals surface area contributed by atoms with Gasteiger partial charge in [0.25, 0.3) is 0 Å². The number of amides is 2. The number of nitrogens with one attached hydrogen (secondary N) is 1. The fraction of sp³-hybridized carbons (Fsp3) is 0.355. The van der Waals surface area contributed by atoms with Crippen molar-refractivity contribution in [3.8, 4) is 5.75 Å². The molecule has 0 saturated heterocycles. The Hall–Kier alpha value is -3.60. The van der Waals surface area contributed by atoms with E-state index >= 15 is 0 Å². The number of rotatable bonds is 10. The predicted molar refractivity (Wildman–Crippen MR) is 143 cm³/mol. The molecule has 36 heavy (non-hydrogen) atoms. The highest BCUT2D eigenvalue weighted by Crippen LogP contribution is 2.22. The summed E-state index contributed by atoms with van der Waals surface area (Å²) in [7, 11) is 1.63. The summed E-state index contributed by atoms with van der Waals surface area (Å²) in [5, 5.41) is 3.26. The Morgan fingerprint density at radius 3 is 2.33 bits per heavy atom. The molecule has 1 aliphatic rings. The molecule has 0 heterocycles. The van der Waals surface area contributed by atoms with E-state index in [0.29, 0.717) is 13.0 Å². The first-order valence-electron chi connectivity index (χ1n) is 12.8. The Morgan fingerprint density at radius 1 is 0.917 bits per heavy atom. The van der Waals surface area contributed by atoms with Crippen LogP contribution in [0, 0.1) is 6.92 Å². The van der Waals surface area contributed by atoms with Gasteiger partial charge < -0.3 is 15.0 Å². The molecule has 0 bridgehead atoms. The standard InChI is InChI=1S/C31H36N2O3/c1-23-10-8-13-25(18-23)21-30(34)33(22-26-14-9-17-28(19-26)36-2)29(20-24-11-4-3-5-12-24)31(35)32-27-15-6-7-16-27/h3-5,8-14,17-19,27,29H,6-7,15-16,20-22H2,1-2H3,(H,32,35). The Morgan fingerprint density at radius 2 is 1.61 bits per heavy atom. The van der Waals surface area contributed by atoms with E-state index in [4.69, 9.17) is 4.74 Å². The van der Waals surface area contributed by atoms with Gasteiger partial charge in [0.05, 0.1) is 13.5 Å². The van der Waals surface area contributed by atoms with Crippen molar-refractivity contribution >= 4 is 11.8 Å². The molecular formula is C31H36N2O3. The molecular weight excluding hydrogens is 448 g/mol. The van der Waals surface area contributed by atoms with Crippen LogP contribution in [-0.2, 0) is 29.0 Å². The molecule has 1 unspecified atom stereocenters. The largest absolute Gasteiger partial charge is 0.497 e. The molecule has 1 atom stereocenters. The van der Waals surface area contributed by atoms with Gasteiger partial charge in [-0.05, 0) is 48.6 Å². The molecule has 1 aliphatic carbocycles. The topological polar surface area (TPSA) is 58.6 Å². The monoisotopic (exact) mass is 484 g/mol. The van der Waals surface area contributed by atoms with Crippen molar-refractivity contribution in [3.05, 3.63) is 101 Å². The second-order valence-corrected chi connectivity index (χ2v) is 9.73. The summed E-state index contributed by atoms with van der Waals surface area (Å²) in [6.07, 6.45) is 4.96. The highest BCUT2D eigenvalue weighted by Gasteiger charge is 2.32. The van der Waals surface area contributed by atoms with Gasteiger partial charge in [-0.3, -0.25) is 9.59 Å².